The highest BCUT2D eigenvalue weighted by Crippen LogP contribution is 2.09. The van der Waals surface area contributed by atoms with Gasteiger partial charge in [0.1, 0.15) is 6.33 Å². The molecule has 2 aromatic heterocycles. The Kier molecular flexibility index (Phi) is 3.59. The summed E-state index contributed by atoms with van der Waals surface area (Å²) in [5.74, 6) is 1.06. The van der Waals surface area contributed by atoms with Crippen molar-refractivity contribution >= 4 is 12.0 Å². The fourth-order valence-corrected chi connectivity index (χ4v) is 1.13. The maximum absolute atomic E-state index is 4.97. The second-order valence-electron chi connectivity index (χ2n) is 3.10. The summed E-state index contributed by atoms with van der Waals surface area (Å²) in [5, 5.41) is 4.04. The zero-order valence-corrected chi connectivity index (χ0v) is 9.24. The first-order chi connectivity index (χ1) is 8.38. The number of hydrogen-bond donors (Lipinski definition) is 1. The monoisotopic (exact) mass is 229 g/mol. The lowest BCUT2D eigenvalue weighted by atomic mass is 10.3. The molecule has 0 unspecified atom stereocenters. The predicted octanol–water partition coefficient (Wildman–Crippen LogP) is 1.33. The van der Waals surface area contributed by atoms with E-state index in [0.717, 1.165) is 5.56 Å². The molecule has 0 amide bonds. The highest BCUT2D eigenvalue weighted by Gasteiger charge is 1.95. The molecule has 0 aliphatic heterocycles. The quantitative estimate of drug-likeness (QED) is 0.632. The molecular formula is C11H11N5O. The Morgan fingerprint density at radius 1 is 1.29 bits per heavy atom. The Bertz CT molecular complexity index is 500. The molecule has 0 aliphatic rings. The Labute approximate surface area is 98.4 Å². The molecule has 1 N–H and O–H groups in total. The largest absolute Gasteiger partial charge is 0.481 e. The summed E-state index contributed by atoms with van der Waals surface area (Å²) in [7, 11) is 1.55. The average Bonchev–Trinajstić information content (AvgIpc) is 2.40. The summed E-state index contributed by atoms with van der Waals surface area (Å²) in [4.78, 5) is 11.8. The van der Waals surface area contributed by atoms with Crippen LogP contribution in [-0.4, -0.2) is 28.3 Å². The molecule has 86 valence electrons. The highest BCUT2D eigenvalue weighted by atomic mass is 16.5. The van der Waals surface area contributed by atoms with E-state index in [9.17, 15) is 0 Å². The van der Waals surface area contributed by atoms with Gasteiger partial charge in [0.2, 0.25) is 5.88 Å². The molecule has 0 spiro atoms. The smallest absolute Gasteiger partial charge is 0.218 e. The van der Waals surface area contributed by atoms with E-state index in [0.29, 0.717) is 11.7 Å². The molecule has 17 heavy (non-hydrogen) atoms. The second-order valence-corrected chi connectivity index (χ2v) is 3.10. The number of nitrogens with zero attached hydrogens (tertiary/aromatic N) is 4. The topological polar surface area (TPSA) is 72.3 Å². The van der Waals surface area contributed by atoms with Crippen LogP contribution in [0.4, 0.5) is 5.82 Å². The Hall–Kier alpha value is -2.50. The van der Waals surface area contributed by atoms with E-state index in [1.54, 1.807) is 31.8 Å². The predicted molar refractivity (Wildman–Crippen MR) is 64.0 cm³/mol. The van der Waals surface area contributed by atoms with Crippen LogP contribution in [-0.2, 0) is 0 Å². The van der Waals surface area contributed by atoms with E-state index >= 15 is 0 Å². The summed E-state index contributed by atoms with van der Waals surface area (Å²) >= 11 is 0. The Morgan fingerprint density at radius 3 is 2.88 bits per heavy atom. The number of pyridine rings is 1. The molecule has 0 radical (unpaired) electrons. The van der Waals surface area contributed by atoms with Crippen LogP contribution in [0, 0.1) is 0 Å². The lowest BCUT2D eigenvalue weighted by molar-refractivity contribution is 0.397. The van der Waals surface area contributed by atoms with E-state index in [-0.39, 0.29) is 0 Å². The third kappa shape index (κ3) is 3.23. The van der Waals surface area contributed by atoms with Crippen LogP contribution in [0.5, 0.6) is 5.88 Å². The van der Waals surface area contributed by atoms with Gasteiger partial charge >= 0.3 is 0 Å². The minimum absolute atomic E-state index is 0.488. The summed E-state index contributed by atoms with van der Waals surface area (Å²) in [6, 6.07) is 5.36. The fourth-order valence-electron chi connectivity index (χ4n) is 1.13. The molecule has 0 atom stereocenters. The standard InChI is InChI=1S/C11H11N5O/c1-17-11-6-10(13-8-14-11)16-15-7-9-2-4-12-5-3-9/h2-8H,1H3,(H,13,14,16)/b15-7+. The van der Waals surface area contributed by atoms with Gasteiger partial charge in [-0.25, -0.2) is 9.97 Å². The number of hydrazone groups is 1. The van der Waals surface area contributed by atoms with Gasteiger partial charge in [-0.15, -0.1) is 0 Å². The van der Waals surface area contributed by atoms with Crippen LogP contribution in [0.2, 0.25) is 0 Å². The molecule has 2 rings (SSSR count). The molecule has 0 aromatic carbocycles. The summed E-state index contributed by atoms with van der Waals surface area (Å²) < 4.78 is 4.97. The first-order valence-electron chi connectivity index (χ1n) is 4.93. The molecule has 6 heteroatoms. The van der Waals surface area contributed by atoms with Crippen molar-refractivity contribution in [2.75, 3.05) is 12.5 Å². The summed E-state index contributed by atoms with van der Waals surface area (Å²) in [6.45, 7) is 0. The molecule has 0 aliphatic carbocycles. The van der Waals surface area contributed by atoms with Gasteiger partial charge < -0.3 is 4.74 Å². The van der Waals surface area contributed by atoms with Crippen LogP contribution < -0.4 is 10.2 Å². The van der Waals surface area contributed by atoms with Gasteiger partial charge in [0.15, 0.2) is 5.82 Å². The third-order valence-electron chi connectivity index (χ3n) is 1.95. The molecule has 0 bridgehead atoms. The van der Waals surface area contributed by atoms with Crippen molar-refractivity contribution in [2.45, 2.75) is 0 Å². The highest BCUT2D eigenvalue weighted by molar-refractivity contribution is 5.79. The Balaban J connectivity index is 2.00. The molecule has 0 saturated carbocycles. The molecule has 6 nitrogen and oxygen atoms in total. The van der Waals surface area contributed by atoms with E-state index in [1.807, 2.05) is 12.1 Å². The van der Waals surface area contributed by atoms with Crippen LogP contribution in [0.3, 0.4) is 0 Å². The van der Waals surface area contributed by atoms with E-state index < -0.39 is 0 Å². The normalized spacial score (nSPS) is 10.4. The van der Waals surface area contributed by atoms with Crippen LogP contribution in [0.1, 0.15) is 5.56 Å². The van der Waals surface area contributed by atoms with Crippen molar-refractivity contribution in [3.8, 4) is 5.88 Å². The number of anilines is 1. The van der Waals surface area contributed by atoms with Crippen molar-refractivity contribution in [2.24, 2.45) is 5.10 Å². The molecular weight excluding hydrogens is 218 g/mol. The van der Waals surface area contributed by atoms with Crippen LogP contribution in [0.25, 0.3) is 0 Å². The molecule has 2 aromatic rings. The van der Waals surface area contributed by atoms with Gasteiger partial charge in [0, 0.05) is 18.5 Å². The van der Waals surface area contributed by atoms with Crippen LogP contribution in [0.15, 0.2) is 42.0 Å². The van der Waals surface area contributed by atoms with Crippen molar-refractivity contribution in [3.05, 3.63) is 42.5 Å². The van der Waals surface area contributed by atoms with Crippen molar-refractivity contribution in [1.82, 2.24) is 15.0 Å². The lowest BCUT2D eigenvalue weighted by Gasteiger charge is -2.00. The van der Waals surface area contributed by atoms with E-state index in [1.165, 1.54) is 6.33 Å². The maximum atomic E-state index is 4.97. The van der Waals surface area contributed by atoms with Gasteiger partial charge in [0.25, 0.3) is 0 Å². The van der Waals surface area contributed by atoms with Gasteiger partial charge in [-0.05, 0) is 17.7 Å². The molecule has 2 heterocycles. The lowest BCUT2D eigenvalue weighted by Crippen LogP contribution is -1.96. The number of rotatable bonds is 4. The number of methoxy groups -OCH3 is 1. The molecule has 0 saturated heterocycles. The Morgan fingerprint density at radius 2 is 2.12 bits per heavy atom. The van der Waals surface area contributed by atoms with Gasteiger partial charge in [0.05, 0.1) is 13.3 Å². The number of hydrogen-bond acceptors (Lipinski definition) is 6. The van der Waals surface area contributed by atoms with Gasteiger partial charge in [-0.3, -0.25) is 10.4 Å². The van der Waals surface area contributed by atoms with Crippen molar-refractivity contribution in [3.63, 3.8) is 0 Å². The number of ether oxygens (including phenoxy) is 1. The van der Waals surface area contributed by atoms with Crippen molar-refractivity contribution in [1.29, 1.82) is 0 Å². The second kappa shape index (κ2) is 5.55. The van der Waals surface area contributed by atoms with Gasteiger partial charge in [-0.2, -0.15) is 5.10 Å². The first-order valence-corrected chi connectivity index (χ1v) is 4.93. The van der Waals surface area contributed by atoms with E-state index in [4.69, 9.17) is 4.74 Å². The SMILES string of the molecule is COc1cc(N/N=C/c2ccncc2)ncn1. The zero-order chi connectivity index (χ0) is 11.9. The molecule has 0 fully saturated rings. The van der Waals surface area contributed by atoms with Crippen molar-refractivity contribution < 1.29 is 4.74 Å². The third-order valence-corrected chi connectivity index (χ3v) is 1.95. The van der Waals surface area contributed by atoms with Gasteiger partial charge in [-0.1, -0.05) is 0 Å². The fraction of sp³-hybridized carbons (Fsp3) is 0.0909. The number of aromatic nitrogens is 3. The maximum Gasteiger partial charge on any atom is 0.218 e. The summed E-state index contributed by atoms with van der Waals surface area (Å²) in [5.41, 5.74) is 3.74. The van der Waals surface area contributed by atoms with E-state index in [2.05, 4.69) is 25.5 Å². The zero-order valence-electron chi connectivity index (χ0n) is 9.24. The minimum Gasteiger partial charge on any atom is -0.481 e. The van der Waals surface area contributed by atoms with Crippen LogP contribution >= 0.6 is 0 Å². The average molecular weight is 229 g/mol. The first kappa shape index (κ1) is 11.0. The minimum atomic E-state index is 0.488. The summed E-state index contributed by atoms with van der Waals surface area (Å²) in [6.07, 6.45) is 6.49. The number of nitrogens with one attached hydrogen (secondary N) is 1.